The largest absolute Gasteiger partial charge is 0.439 e. The van der Waals surface area contributed by atoms with E-state index in [2.05, 4.69) is 10.3 Å². The summed E-state index contributed by atoms with van der Waals surface area (Å²) < 4.78 is 5.69. The van der Waals surface area contributed by atoms with Gasteiger partial charge >= 0.3 is 0 Å². The highest BCUT2D eigenvalue weighted by Crippen LogP contribution is 2.26. The van der Waals surface area contributed by atoms with E-state index in [1.165, 1.54) is 0 Å². The second-order valence-electron chi connectivity index (χ2n) is 8.52. The molecular weight excluding hydrogens is 462 g/mol. The van der Waals surface area contributed by atoms with Gasteiger partial charge in [-0.1, -0.05) is 48.0 Å². The summed E-state index contributed by atoms with van der Waals surface area (Å²) in [7, 11) is 0. The number of hydrogen-bond donors (Lipinski definition) is 1. The number of piperidine rings is 1. The number of carbonyl (C=O) groups excluding carboxylic acids is 2. The summed E-state index contributed by atoms with van der Waals surface area (Å²) in [4.78, 5) is 32.1. The van der Waals surface area contributed by atoms with Crippen LogP contribution in [0.25, 0.3) is 10.8 Å². The summed E-state index contributed by atoms with van der Waals surface area (Å²) in [6.07, 6.45) is 2.81. The molecule has 1 saturated heterocycles. The molecule has 1 aliphatic heterocycles. The van der Waals surface area contributed by atoms with Crippen molar-refractivity contribution in [3.05, 3.63) is 95.6 Å². The van der Waals surface area contributed by atoms with Crippen LogP contribution in [-0.2, 0) is 4.79 Å². The van der Waals surface area contributed by atoms with Gasteiger partial charge in [0.05, 0.1) is 11.9 Å². The number of pyridine rings is 1. The highest BCUT2D eigenvalue weighted by molar-refractivity contribution is 6.30. The number of benzene rings is 3. The summed E-state index contributed by atoms with van der Waals surface area (Å²) in [6.45, 7) is 1.10. The van der Waals surface area contributed by atoms with Gasteiger partial charge in [-0.25, -0.2) is 4.98 Å². The molecule has 3 aromatic carbocycles. The van der Waals surface area contributed by atoms with Crippen molar-refractivity contribution in [2.24, 2.45) is 5.92 Å². The number of hydrogen-bond acceptors (Lipinski definition) is 4. The number of rotatable bonds is 5. The summed E-state index contributed by atoms with van der Waals surface area (Å²) in [5.74, 6) is 0.849. The van der Waals surface area contributed by atoms with E-state index in [0.29, 0.717) is 53.8 Å². The molecule has 176 valence electrons. The number of likely N-dealkylation sites (tertiary alicyclic amines) is 1. The average molecular weight is 486 g/mol. The Bertz CT molecular complexity index is 1340. The lowest BCUT2D eigenvalue weighted by molar-refractivity contribution is -0.121. The fraction of sp³-hybridized carbons (Fsp3) is 0.179. The third-order valence-electron chi connectivity index (χ3n) is 6.21. The van der Waals surface area contributed by atoms with E-state index in [0.717, 1.165) is 10.8 Å². The van der Waals surface area contributed by atoms with E-state index < -0.39 is 0 Å². The van der Waals surface area contributed by atoms with Gasteiger partial charge in [0.25, 0.3) is 5.91 Å². The maximum absolute atomic E-state index is 13.2. The molecule has 0 aliphatic carbocycles. The van der Waals surface area contributed by atoms with Crippen molar-refractivity contribution in [2.45, 2.75) is 12.8 Å². The zero-order chi connectivity index (χ0) is 24.2. The van der Waals surface area contributed by atoms with Crippen molar-refractivity contribution in [1.82, 2.24) is 9.88 Å². The molecule has 4 aromatic rings. The molecule has 1 N–H and O–H groups in total. The second kappa shape index (κ2) is 10.2. The Morgan fingerprint density at radius 3 is 2.40 bits per heavy atom. The van der Waals surface area contributed by atoms with E-state index in [1.54, 1.807) is 42.6 Å². The van der Waals surface area contributed by atoms with E-state index in [4.69, 9.17) is 16.3 Å². The average Bonchev–Trinajstić information content (AvgIpc) is 2.90. The van der Waals surface area contributed by atoms with Crippen LogP contribution in [0, 0.1) is 5.92 Å². The van der Waals surface area contributed by atoms with Crippen LogP contribution in [0.2, 0.25) is 5.02 Å². The molecule has 1 aliphatic rings. The molecule has 6 nitrogen and oxygen atoms in total. The third-order valence-corrected chi connectivity index (χ3v) is 6.46. The molecule has 0 saturated carbocycles. The van der Waals surface area contributed by atoms with Gasteiger partial charge in [-0.2, -0.15) is 0 Å². The van der Waals surface area contributed by atoms with Gasteiger partial charge in [0.1, 0.15) is 5.75 Å². The van der Waals surface area contributed by atoms with Gasteiger partial charge in [0.15, 0.2) is 0 Å². The number of carbonyl (C=O) groups is 2. The van der Waals surface area contributed by atoms with Crippen molar-refractivity contribution < 1.29 is 14.3 Å². The fourth-order valence-electron chi connectivity index (χ4n) is 4.31. The molecule has 1 fully saturated rings. The molecule has 5 rings (SSSR count). The van der Waals surface area contributed by atoms with E-state index in [1.807, 2.05) is 47.4 Å². The zero-order valence-corrected chi connectivity index (χ0v) is 19.7. The van der Waals surface area contributed by atoms with Crippen molar-refractivity contribution >= 4 is 39.9 Å². The van der Waals surface area contributed by atoms with Crippen LogP contribution in [0.4, 0.5) is 5.69 Å². The van der Waals surface area contributed by atoms with E-state index in [-0.39, 0.29) is 17.7 Å². The number of aromatic nitrogens is 1. The van der Waals surface area contributed by atoms with Crippen LogP contribution in [0.5, 0.6) is 11.6 Å². The van der Waals surface area contributed by atoms with E-state index in [9.17, 15) is 9.59 Å². The van der Waals surface area contributed by atoms with Gasteiger partial charge in [0.2, 0.25) is 11.8 Å². The number of amides is 2. The molecule has 0 atom stereocenters. The van der Waals surface area contributed by atoms with Crippen LogP contribution in [-0.4, -0.2) is 34.8 Å². The fourth-order valence-corrected chi connectivity index (χ4v) is 4.44. The lowest BCUT2D eigenvalue weighted by Crippen LogP contribution is -2.41. The molecule has 0 unspecified atom stereocenters. The maximum atomic E-state index is 13.2. The Morgan fingerprint density at radius 1 is 0.914 bits per heavy atom. The molecule has 0 bridgehead atoms. The van der Waals surface area contributed by atoms with Gasteiger partial charge in [0, 0.05) is 35.7 Å². The molecule has 2 amide bonds. The minimum atomic E-state index is -0.156. The Kier molecular flexibility index (Phi) is 6.64. The standard InChI is InChI=1S/C28H24ClN3O3/c29-21-8-11-23(12-9-21)35-26-13-10-22(18-30-26)31-27(33)20-14-16-32(17-15-20)28(34)25-7-3-5-19-4-1-2-6-24(19)25/h1-13,18,20H,14-17H2,(H,31,33). The Morgan fingerprint density at radius 2 is 1.66 bits per heavy atom. The SMILES string of the molecule is O=C(Nc1ccc(Oc2ccc(Cl)cc2)nc1)C1CCN(C(=O)c2cccc3ccccc23)CC1. The van der Waals surface area contributed by atoms with E-state index >= 15 is 0 Å². The van der Waals surface area contributed by atoms with Crippen LogP contribution >= 0.6 is 11.6 Å². The Balaban J connectivity index is 1.16. The lowest BCUT2D eigenvalue weighted by Gasteiger charge is -2.31. The normalized spacial score (nSPS) is 14.0. The van der Waals surface area contributed by atoms with Crippen molar-refractivity contribution in [3.63, 3.8) is 0 Å². The molecule has 2 heterocycles. The quantitative estimate of drug-likeness (QED) is 0.367. The maximum Gasteiger partial charge on any atom is 0.254 e. The molecule has 1 aromatic heterocycles. The van der Waals surface area contributed by atoms with Crippen molar-refractivity contribution in [3.8, 4) is 11.6 Å². The molecule has 7 heteroatoms. The van der Waals surface area contributed by atoms with Crippen LogP contribution in [0.3, 0.4) is 0 Å². The third kappa shape index (κ3) is 5.28. The predicted molar refractivity (Wildman–Crippen MR) is 137 cm³/mol. The second-order valence-corrected chi connectivity index (χ2v) is 8.96. The van der Waals surface area contributed by atoms with Crippen LogP contribution < -0.4 is 10.1 Å². The molecule has 0 radical (unpaired) electrons. The van der Waals surface area contributed by atoms with Gasteiger partial charge in [-0.15, -0.1) is 0 Å². The minimum absolute atomic E-state index is 0.0149. The van der Waals surface area contributed by atoms with Crippen LogP contribution in [0.15, 0.2) is 85.1 Å². The molecule has 0 spiro atoms. The number of ether oxygens (including phenoxy) is 1. The first-order valence-corrected chi connectivity index (χ1v) is 11.9. The summed E-state index contributed by atoms with van der Waals surface area (Å²) in [6, 6.07) is 24.2. The topological polar surface area (TPSA) is 71.5 Å². The smallest absolute Gasteiger partial charge is 0.254 e. The van der Waals surface area contributed by atoms with Gasteiger partial charge in [-0.05, 0) is 60.0 Å². The summed E-state index contributed by atoms with van der Waals surface area (Å²) >= 11 is 5.89. The first kappa shape index (κ1) is 22.9. The minimum Gasteiger partial charge on any atom is -0.439 e. The van der Waals surface area contributed by atoms with Crippen LogP contribution in [0.1, 0.15) is 23.2 Å². The number of halogens is 1. The molecular formula is C28H24ClN3O3. The predicted octanol–water partition coefficient (Wildman–Crippen LogP) is 6.17. The summed E-state index contributed by atoms with van der Waals surface area (Å²) in [5.41, 5.74) is 1.31. The van der Waals surface area contributed by atoms with Gasteiger partial charge < -0.3 is 15.0 Å². The molecule has 35 heavy (non-hydrogen) atoms. The highest BCUT2D eigenvalue weighted by atomic mass is 35.5. The number of nitrogens with zero attached hydrogens (tertiary/aromatic N) is 2. The summed E-state index contributed by atoms with van der Waals surface area (Å²) in [5, 5.41) is 5.57. The highest BCUT2D eigenvalue weighted by Gasteiger charge is 2.28. The zero-order valence-electron chi connectivity index (χ0n) is 19.0. The van der Waals surface area contributed by atoms with Crippen molar-refractivity contribution in [2.75, 3.05) is 18.4 Å². The first-order chi connectivity index (χ1) is 17.1. The Labute approximate surface area is 208 Å². The number of nitrogens with one attached hydrogen (secondary N) is 1. The Hall–Kier alpha value is -3.90. The van der Waals surface area contributed by atoms with Gasteiger partial charge in [-0.3, -0.25) is 9.59 Å². The first-order valence-electron chi connectivity index (χ1n) is 11.5. The number of fused-ring (bicyclic) bond motifs is 1. The lowest BCUT2D eigenvalue weighted by atomic mass is 9.94. The van der Waals surface area contributed by atoms with Crippen molar-refractivity contribution in [1.29, 1.82) is 0 Å². The monoisotopic (exact) mass is 485 g/mol. The number of anilines is 1.